The summed E-state index contributed by atoms with van der Waals surface area (Å²) in [5.74, 6) is -1.28. The van der Waals surface area contributed by atoms with Gasteiger partial charge in [0.05, 0.1) is 4.92 Å². The van der Waals surface area contributed by atoms with Gasteiger partial charge in [-0.3, -0.25) is 14.9 Å². The second kappa shape index (κ2) is 4.04. The maximum atomic E-state index is 13.4. The van der Waals surface area contributed by atoms with Gasteiger partial charge in [0.2, 0.25) is 11.7 Å². The predicted octanol–water partition coefficient (Wildman–Crippen LogP) is 2.00. The van der Waals surface area contributed by atoms with Crippen molar-refractivity contribution in [3.8, 4) is 0 Å². The fourth-order valence-electron chi connectivity index (χ4n) is 1.14. The topological polar surface area (TPSA) is 72.2 Å². The second-order valence-electron chi connectivity index (χ2n) is 3.01. The first-order valence-corrected chi connectivity index (χ1v) is 4.14. The van der Waals surface area contributed by atoms with Gasteiger partial charge in [-0.25, -0.2) is 0 Å². The van der Waals surface area contributed by atoms with Gasteiger partial charge in [-0.15, -0.1) is 0 Å². The van der Waals surface area contributed by atoms with Gasteiger partial charge in [0, 0.05) is 24.2 Å². The average Bonchev–Trinajstić information content (AvgIpc) is 2.12. The van der Waals surface area contributed by atoms with E-state index >= 15 is 0 Å². The molecule has 1 amide bonds. The molecule has 1 rings (SSSR count). The molecule has 6 heteroatoms. The molecule has 0 heterocycles. The van der Waals surface area contributed by atoms with Gasteiger partial charge in [0.1, 0.15) is 0 Å². The number of halogens is 1. The van der Waals surface area contributed by atoms with Crippen molar-refractivity contribution in [2.45, 2.75) is 13.8 Å². The number of benzene rings is 1. The summed E-state index contributed by atoms with van der Waals surface area (Å²) in [6.07, 6.45) is 0. The zero-order chi connectivity index (χ0) is 11.6. The van der Waals surface area contributed by atoms with E-state index in [2.05, 4.69) is 5.32 Å². The van der Waals surface area contributed by atoms with Crippen LogP contribution >= 0.6 is 0 Å². The third-order valence-electron chi connectivity index (χ3n) is 1.87. The lowest BCUT2D eigenvalue weighted by Gasteiger charge is -2.06. The summed E-state index contributed by atoms with van der Waals surface area (Å²) in [6, 6.07) is 2.32. The molecular weight excluding hydrogens is 203 g/mol. The van der Waals surface area contributed by atoms with Gasteiger partial charge in [-0.2, -0.15) is 4.39 Å². The van der Waals surface area contributed by atoms with E-state index in [1.165, 1.54) is 19.9 Å². The summed E-state index contributed by atoms with van der Waals surface area (Å²) in [4.78, 5) is 20.3. The molecule has 0 radical (unpaired) electrons. The van der Waals surface area contributed by atoms with Crippen LogP contribution in [0.2, 0.25) is 0 Å². The van der Waals surface area contributed by atoms with Crippen molar-refractivity contribution in [2.75, 3.05) is 5.32 Å². The van der Waals surface area contributed by atoms with Crippen LogP contribution in [0.4, 0.5) is 15.8 Å². The lowest BCUT2D eigenvalue weighted by atomic mass is 10.1. The molecule has 0 aromatic heterocycles. The summed E-state index contributed by atoms with van der Waals surface area (Å²) in [5, 5.41) is 12.8. The van der Waals surface area contributed by atoms with Crippen LogP contribution in [0.15, 0.2) is 12.1 Å². The molecule has 0 bridgehead atoms. The van der Waals surface area contributed by atoms with E-state index in [1.54, 1.807) is 0 Å². The fourth-order valence-corrected chi connectivity index (χ4v) is 1.14. The van der Waals surface area contributed by atoms with Crippen molar-refractivity contribution in [3.63, 3.8) is 0 Å². The van der Waals surface area contributed by atoms with Crippen molar-refractivity contribution in [3.05, 3.63) is 33.6 Å². The summed E-state index contributed by atoms with van der Waals surface area (Å²) >= 11 is 0. The summed E-state index contributed by atoms with van der Waals surface area (Å²) in [7, 11) is 0. The molecule has 0 saturated carbocycles. The molecule has 0 atom stereocenters. The van der Waals surface area contributed by atoms with E-state index in [-0.39, 0.29) is 17.2 Å². The van der Waals surface area contributed by atoms with Gasteiger partial charge in [0.15, 0.2) is 0 Å². The van der Waals surface area contributed by atoms with Crippen LogP contribution in [0.3, 0.4) is 0 Å². The Balaban J connectivity index is 3.21. The fraction of sp³-hybridized carbons (Fsp3) is 0.222. The molecule has 80 valence electrons. The molecule has 5 nitrogen and oxygen atoms in total. The van der Waals surface area contributed by atoms with Crippen molar-refractivity contribution >= 4 is 17.3 Å². The summed E-state index contributed by atoms with van der Waals surface area (Å²) < 4.78 is 13.4. The first-order chi connectivity index (χ1) is 6.93. The van der Waals surface area contributed by atoms with Crippen LogP contribution in [0.1, 0.15) is 12.5 Å². The van der Waals surface area contributed by atoms with E-state index < -0.39 is 16.4 Å². The van der Waals surface area contributed by atoms with E-state index in [0.717, 1.165) is 6.07 Å². The maximum absolute atomic E-state index is 13.4. The molecule has 0 unspecified atom stereocenters. The van der Waals surface area contributed by atoms with Crippen molar-refractivity contribution < 1.29 is 14.1 Å². The molecule has 15 heavy (non-hydrogen) atoms. The molecule has 0 aliphatic heterocycles. The molecule has 1 aromatic carbocycles. The van der Waals surface area contributed by atoms with E-state index in [1.807, 2.05) is 0 Å². The van der Waals surface area contributed by atoms with Crippen molar-refractivity contribution in [2.24, 2.45) is 0 Å². The Morgan fingerprint density at radius 3 is 2.60 bits per heavy atom. The monoisotopic (exact) mass is 212 g/mol. The molecule has 0 fully saturated rings. The largest absolute Gasteiger partial charge is 0.326 e. The number of hydrogen-bond acceptors (Lipinski definition) is 3. The zero-order valence-corrected chi connectivity index (χ0v) is 8.20. The minimum Gasteiger partial charge on any atom is -0.326 e. The Morgan fingerprint density at radius 1 is 1.53 bits per heavy atom. The zero-order valence-electron chi connectivity index (χ0n) is 8.20. The minimum absolute atomic E-state index is 0.0550. The Bertz CT molecular complexity index is 432. The van der Waals surface area contributed by atoms with E-state index in [9.17, 15) is 19.3 Å². The lowest BCUT2D eigenvalue weighted by Crippen LogP contribution is -2.08. The minimum atomic E-state index is -0.925. The Hall–Kier alpha value is -1.98. The lowest BCUT2D eigenvalue weighted by molar-refractivity contribution is -0.387. The quantitative estimate of drug-likeness (QED) is 0.601. The summed E-state index contributed by atoms with van der Waals surface area (Å²) in [5.41, 5.74) is -0.299. The standard InChI is InChI=1S/C9H9FN2O3/c1-5-7(11-6(2)13)3-4-8(9(5)10)12(14)15/h3-4H,1-2H3,(H,11,13). The highest BCUT2D eigenvalue weighted by Crippen LogP contribution is 2.26. The number of carbonyl (C=O) groups excluding carboxylic acids is 1. The van der Waals surface area contributed by atoms with Crippen LogP contribution in [0.5, 0.6) is 0 Å². The van der Waals surface area contributed by atoms with Gasteiger partial charge in [-0.1, -0.05) is 0 Å². The highest BCUT2D eigenvalue weighted by molar-refractivity contribution is 5.89. The number of amides is 1. The number of hydrogen-bond donors (Lipinski definition) is 1. The van der Waals surface area contributed by atoms with Gasteiger partial charge < -0.3 is 5.32 Å². The van der Waals surface area contributed by atoms with Crippen molar-refractivity contribution in [1.29, 1.82) is 0 Å². The molecule has 1 aromatic rings. The second-order valence-corrected chi connectivity index (χ2v) is 3.01. The molecule has 0 aliphatic carbocycles. The third kappa shape index (κ3) is 2.28. The van der Waals surface area contributed by atoms with E-state index in [4.69, 9.17) is 0 Å². The number of nitrogens with zero attached hydrogens (tertiary/aromatic N) is 1. The highest BCUT2D eigenvalue weighted by Gasteiger charge is 2.18. The Morgan fingerprint density at radius 2 is 2.13 bits per heavy atom. The molecular formula is C9H9FN2O3. The number of nitrogens with one attached hydrogen (secondary N) is 1. The first kappa shape index (κ1) is 11.1. The number of rotatable bonds is 2. The Kier molecular flexibility index (Phi) is 2.99. The van der Waals surface area contributed by atoms with Crippen LogP contribution in [-0.4, -0.2) is 10.8 Å². The molecule has 0 saturated heterocycles. The van der Waals surface area contributed by atoms with E-state index in [0.29, 0.717) is 0 Å². The maximum Gasteiger partial charge on any atom is 0.305 e. The number of carbonyl (C=O) groups is 1. The van der Waals surface area contributed by atoms with Gasteiger partial charge in [-0.05, 0) is 13.0 Å². The van der Waals surface area contributed by atoms with Gasteiger partial charge >= 0.3 is 5.69 Å². The normalized spacial score (nSPS) is 9.80. The highest BCUT2D eigenvalue weighted by atomic mass is 19.1. The van der Waals surface area contributed by atoms with Crippen LogP contribution in [0.25, 0.3) is 0 Å². The van der Waals surface area contributed by atoms with Crippen molar-refractivity contribution in [1.82, 2.24) is 0 Å². The van der Waals surface area contributed by atoms with Crippen LogP contribution in [0, 0.1) is 22.9 Å². The number of nitro groups is 1. The SMILES string of the molecule is CC(=O)Nc1ccc([N+](=O)[O-])c(F)c1C. The first-order valence-electron chi connectivity index (χ1n) is 4.14. The molecule has 0 spiro atoms. The Labute approximate surface area is 85.1 Å². The number of nitro benzene ring substituents is 1. The summed E-state index contributed by atoms with van der Waals surface area (Å²) in [6.45, 7) is 2.65. The number of anilines is 1. The third-order valence-corrected chi connectivity index (χ3v) is 1.87. The molecule has 0 aliphatic rings. The average molecular weight is 212 g/mol. The van der Waals surface area contributed by atoms with Crippen LogP contribution < -0.4 is 5.32 Å². The van der Waals surface area contributed by atoms with Crippen LogP contribution in [-0.2, 0) is 4.79 Å². The van der Waals surface area contributed by atoms with Gasteiger partial charge in [0.25, 0.3) is 0 Å². The smallest absolute Gasteiger partial charge is 0.305 e. The molecule has 1 N–H and O–H groups in total. The predicted molar refractivity (Wildman–Crippen MR) is 52.1 cm³/mol.